The van der Waals surface area contributed by atoms with Crippen molar-refractivity contribution in [2.75, 3.05) is 0 Å². The first-order chi connectivity index (χ1) is 6.21. The van der Waals surface area contributed by atoms with Gasteiger partial charge >= 0.3 is 47.8 Å². The SMILES string of the molecule is N.O=P(O)(O)O.O=S(=O)([O-])OOS(=O)(=O)O.[Na+]. The minimum Gasteiger partial charge on any atom is -0.724 e. The molecule has 0 amide bonds. The van der Waals surface area contributed by atoms with Crippen LogP contribution >= 0.6 is 7.82 Å². The predicted molar refractivity (Wildman–Crippen MR) is 42.7 cm³/mol. The molecule has 17 heavy (non-hydrogen) atoms. The van der Waals surface area contributed by atoms with Crippen LogP contribution in [0.1, 0.15) is 0 Å². The molecular formula is H7NNaO12PS2. The molecule has 0 saturated heterocycles. The Morgan fingerprint density at radius 2 is 1.24 bits per heavy atom. The first-order valence-corrected chi connectivity index (χ1v) is 6.56. The average molecular weight is 331 g/mol. The Morgan fingerprint density at radius 1 is 1.00 bits per heavy atom. The van der Waals surface area contributed by atoms with Crippen molar-refractivity contribution in [2.24, 2.45) is 0 Å². The van der Waals surface area contributed by atoms with Gasteiger partial charge in [0.2, 0.25) is 10.4 Å². The van der Waals surface area contributed by atoms with Crippen LogP contribution in [-0.2, 0) is 34.0 Å². The van der Waals surface area contributed by atoms with Crippen LogP contribution in [0.2, 0.25) is 0 Å². The van der Waals surface area contributed by atoms with Crippen molar-refractivity contribution in [1.29, 1.82) is 0 Å². The van der Waals surface area contributed by atoms with Crippen molar-refractivity contribution in [2.45, 2.75) is 0 Å². The fraction of sp³-hybridized carbons (Fsp3) is 0. The second-order valence-electron chi connectivity index (χ2n) is 1.49. The molecule has 0 fully saturated rings. The third-order valence-electron chi connectivity index (χ3n) is 0.197. The average Bonchev–Trinajstić information content (AvgIpc) is 1.76. The van der Waals surface area contributed by atoms with Gasteiger partial charge in [0.1, 0.15) is 0 Å². The Bertz CT molecular complexity index is 373. The van der Waals surface area contributed by atoms with E-state index in [1.54, 1.807) is 0 Å². The molecule has 0 aromatic heterocycles. The largest absolute Gasteiger partial charge is 1.00 e. The van der Waals surface area contributed by atoms with Gasteiger partial charge in [0.15, 0.2) is 0 Å². The summed E-state index contributed by atoms with van der Waals surface area (Å²) < 4.78 is 69.0. The molecule has 0 aromatic carbocycles. The van der Waals surface area contributed by atoms with Crippen molar-refractivity contribution in [3.63, 3.8) is 0 Å². The molecule has 0 heterocycles. The van der Waals surface area contributed by atoms with E-state index in [1.165, 1.54) is 0 Å². The maximum Gasteiger partial charge on any atom is 1.00 e. The zero-order valence-corrected chi connectivity index (χ0v) is 12.6. The van der Waals surface area contributed by atoms with Gasteiger partial charge in [-0.2, -0.15) is 8.42 Å². The normalized spacial score (nSPS) is 11.4. The van der Waals surface area contributed by atoms with E-state index in [4.69, 9.17) is 23.8 Å². The van der Waals surface area contributed by atoms with Crippen LogP contribution in [0, 0.1) is 0 Å². The van der Waals surface area contributed by atoms with E-state index >= 15 is 0 Å². The topological polar surface area (TPSA) is 243 Å². The van der Waals surface area contributed by atoms with Gasteiger partial charge in [-0.05, 0) is 0 Å². The Labute approximate surface area is 118 Å². The third kappa shape index (κ3) is 60.4. The number of phosphoric acid groups is 1. The summed E-state index contributed by atoms with van der Waals surface area (Å²) in [5.41, 5.74) is 0. The molecule has 0 unspecified atom stereocenters. The van der Waals surface area contributed by atoms with Crippen molar-refractivity contribution >= 4 is 28.6 Å². The molecule has 0 aliphatic rings. The smallest absolute Gasteiger partial charge is 0.724 e. The second kappa shape index (κ2) is 9.70. The fourth-order valence-corrected chi connectivity index (χ4v) is 0.622. The van der Waals surface area contributed by atoms with Crippen molar-refractivity contribution in [3.8, 4) is 0 Å². The molecule has 13 nitrogen and oxygen atoms in total. The zero-order chi connectivity index (χ0) is 12.9. The van der Waals surface area contributed by atoms with E-state index in [0.717, 1.165) is 0 Å². The summed E-state index contributed by atoms with van der Waals surface area (Å²) in [5, 5.41) is 0. The molecule has 0 saturated carbocycles. The van der Waals surface area contributed by atoms with Crippen LogP contribution in [0.25, 0.3) is 0 Å². The van der Waals surface area contributed by atoms with E-state index in [-0.39, 0.29) is 35.7 Å². The van der Waals surface area contributed by atoms with Crippen LogP contribution in [0.4, 0.5) is 0 Å². The van der Waals surface area contributed by atoms with Crippen LogP contribution in [0.3, 0.4) is 0 Å². The monoisotopic (exact) mass is 331 g/mol. The molecule has 0 bridgehead atoms. The van der Waals surface area contributed by atoms with Gasteiger partial charge in [-0.3, -0.25) is 4.55 Å². The quantitative estimate of drug-likeness (QED) is 0.0809. The number of rotatable bonds is 3. The van der Waals surface area contributed by atoms with Crippen molar-refractivity contribution in [1.82, 2.24) is 6.15 Å². The maximum atomic E-state index is 9.48. The summed E-state index contributed by atoms with van der Waals surface area (Å²) in [5.74, 6) is 0. The standard InChI is InChI=1S/H3N.Na.H2O8S2.H3O4P/c;;1-9(2,3)7-8-10(4,5)6;1-5(2,3)4/h1H3;;(H,1,2,3)(H,4,5,6);(H3,1,2,3,4)/q;+1;;/p-1. The minimum absolute atomic E-state index is 0. The van der Waals surface area contributed by atoms with Crippen molar-refractivity contribution < 1.29 is 83.4 Å². The summed E-state index contributed by atoms with van der Waals surface area (Å²) in [7, 11) is -15.0. The molecule has 0 aliphatic heterocycles. The minimum atomic E-state index is -5.27. The zero-order valence-electron chi connectivity index (χ0n) is 8.03. The van der Waals surface area contributed by atoms with Gasteiger partial charge in [0.25, 0.3) is 0 Å². The number of hydrogen-bond acceptors (Lipinski definition) is 9. The van der Waals surface area contributed by atoms with Gasteiger partial charge in [0, 0.05) is 0 Å². The molecule has 0 aliphatic carbocycles. The third-order valence-corrected chi connectivity index (χ3v) is 0.758. The Morgan fingerprint density at radius 3 is 1.29 bits per heavy atom. The Balaban J connectivity index is -0.000000105. The van der Waals surface area contributed by atoms with Gasteiger partial charge in [-0.25, -0.2) is 13.0 Å². The van der Waals surface area contributed by atoms with E-state index in [9.17, 15) is 21.4 Å². The second-order valence-corrected chi connectivity index (χ2v) is 4.46. The number of hydrogen-bond donors (Lipinski definition) is 5. The molecule has 0 spiro atoms. The summed E-state index contributed by atoms with van der Waals surface area (Å²) >= 11 is 0. The van der Waals surface area contributed by atoms with Crippen LogP contribution in [-0.4, -0.2) is 40.6 Å². The van der Waals surface area contributed by atoms with Gasteiger partial charge in [0.05, 0.1) is 0 Å². The molecule has 0 rings (SSSR count). The van der Waals surface area contributed by atoms with E-state index in [2.05, 4.69) is 8.67 Å². The van der Waals surface area contributed by atoms with Crippen molar-refractivity contribution in [3.05, 3.63) is 0 Å². The molecule has 7 N–H and O–H groups in total. The van der Waals surface area contributed by atoms with E-state index in [1.807, 2.05) is 0 Å². The maximum absolute atomic E-state index is 9.48. The molecule has 102 valence electrons. The Hall–Kier alpha value is 0.810. The molecule has 0 radical (unpaired) electrons. The fourth-order valence-electron chi connectivity index (χ4n) is 0.0691. The molecular weight excluding hydrogens is 324 g/mol. The summed E-state index contributed by atoms with van der Waals surface area (Å²) in [6, 6.07) is 0. The van der Waals surface area contributed by atoms with E-state index < -0.39 is 28.6 Å². The van der Waals surface area contributed by atoms with E-state index in [0.29, 0.717) is 0 Å². The summed E-state index contributed by atoms with van der Waals surface area (Å²) in [6.07, 6.45) is 0. The Kier molecular flexibility index (Phi) is 15.1. The van der Waals surface area contributed by atoms with Crippen LogP contribution in [0.5, 0.6) is 0 Å². The van der Waals surface area contributed by atoms with Gasteiger partial charge in [-0.15, -0.1) is 0 Å². The first kappa shape index (κ1) is 26.4. The predicted octanol–water partition coefficient (Wildman–Crippen LogP) is -5.56. The molecule has 17 heteroatoms. The van der Waals surface area contributed by atoms with Crippen LogP contribution in [0.15, 0.2) is 0 Å². The first-order valence-electron chi connectivity index (χ1n) is 2.30. The van der Waals surface area contributed by atoms with Crippen LogP contribution < -0.4 is 35.7 Å². The van der Waals surface area contributed by atoms with Gasteiger partial charge < -0.3 is 25.4 Å². The molecule has 0 atom stereocenters. The summed E-state index contributed by atoms with van der Waals surface area (Å²) in [6.45, 7) is 0. The molecule has 0 aromatic rings. The summed E-state index contributed by atoms with van der Waals surface area (Å²) in [4.78, 5) is 21.6. The van der Waals surface area contributed by atoms with Gasteiger partial charge in [-0.1, -0.05) is 8.67 Å².